The van der Waals surface area contributed by atoms with E-state index in [1.165, 1.54) is 6.07 Å². The zero-order valence-corrected chi connectivity index (χ0v) is 6.62. The molecular weight excluding hydrogens is 171 g/mol. The highest BCUT2D eigenvalue weighted by molar-refractivity contribution is 5.37. The minimum atomic E-state index is -0.549. The highest BCUT2D eigenvalue weighted by Gasteiger charge is 2.00. The maximum Gasteiger partial charge on any atom is 0.174 e. The maximum absolute atomic E-state index is 12.7. The van der Waals surface area contributed by atoms with E-state index in [1.54, 1.807) is 12.1 Å². The predicted octanol–water partition coefficient (Wildman–Crippen LogP) is 1.60. The van der Waals surface area contributed by atoms with Gasteiger partial charge in [-0.2, -0.15) is 10.5 Å². The molecule has 1 aromatic rings. The lowest BCUT2D eigenvalue weighted by molar-refractivity contribution is 0.365. The molecule has 0 spiro atoms. The van der Waals surface area contributed by atoms with Crippen molar-refractivity contribution in [2.75, 3.05) is 6.61 Å². The normalized spacial score (nSPS) is 8.54. The number of nitriles is 2. The number of hydrogen-bond acceptors (Lipinski definition) is 3. The van der Waals surface area contributed by atoms with Gasteiger partial charge in [-0.15, -0.1) is 0 Å². The third-order valence-electron chi connectivity index (χ3n) is 1.30. The summed E-state index contributed by atoms with van der Waals surface area (Å²) in [4.78, 5) is 0. The molecule has 0 aromatic heterocycles. The Morgan fingerprint density at radius 1 is 1.31 bits per heavy atom. The van der Waals surface area contributed by atoms with Crippen molar-refractivity contribution in [3.63, 3.8) is 0 Å². The molecule has 4 heteroatoms. The fourth-order valence-corrected chi connectivity index (χ4v) is 0.826. The molecule has 0 bridgehead atoms. The highest BCUT2D eigenvalue weighted by Crippen LogP contribution is 2.15. The lowest BCUT2D eigenvalue weighted by atomic mass is 10.2. The summed E-state index contributed by atoms with van der Waals surface area (Å²) in [5.74, 6) is -0.356. The van der Waals surface area contributed by atoms with Crippen LogP contribution < -0.4 is 4.74 Å². The molecule has 0 aliphatic rings. The summed E-state index contributed by atoms with van der Waals surface area (Å²) in [6.07, 6.45) is 0. The molecule has 0 unspecified atom stereocenters. The van der Waals surface area contributed by atoms with E-state index in [9.17, 15) is 4.39 Å². The van der Waals surface area contributed by atoms with Crippen molar-refractivity contribution in [1.82, 2.24) is 0 Å². The molecule has 3 nitrogen and oxygen atoms in total. The fraction of sp³-hybridized carbons (Fsp3) is 0.111. The van der Waals surface area contributed by atoms with Crippen molar-refractivity contribution < 1.29 is 9.13 Å². The van der Waals surface area contributed by atoms with Gasteiger partial charge in [0.2, 0.25) is 0 Å². The average molecular weight is 176 g/mol. The van der Waals surface area contributed by atoms with Crippen LogP contribution in [0.25, 0.3) is 0 Å². The van der Waals surface area contributed by atoms with Gasteiger partial charge < -0.3 is 4.74 Å². The van der Waals surface area contributed by atoms with Crippen LogP contribution in [0.4, 0.5) is 4.39 Å². The molecule has 0 heterocycles. The van der Waals surface area contributed by atoms with Crippen LogP contribution in [0.1, 0.15) is 5.56 Å². The van der Waals surface area contributed by atoms with E-state index < -0.39 is 5.82 Å². The van der Waals surface area contributed by atoms with Crippen molar-refractivity contribution in [1.29, 1.82) is 10.5 Å². The van der Waals surface area contributed by atoms with Crippen LogP contribution >= 0.6 is 0 Å². The van der Waals surface area contributed by atoms with Crippen LogP contribution in [0, 0.1) is 28.5 Å². The summed E-state index contributed by atoms with van der Waals surface area (Å²) in [6.45, 7) is -0.158. The minimum Gasteiger partial charge on any atom is -0.479 e. The standard InChI is InChI=1S/C9H5FN2O/c10-8-3-7(6-12)4-9(5-8)13-2-1-11/h3-5H,2H2. The van der Waals surface area contributed by atoms with Crippen LogP contribution in [0.3, 0.4) is 0 Å². The maximum atomic E-state index is 12.7. The van der Waals surface area contributed by atoms with E-state index in [0.717, 1.165) is 12.1 Å². The Kier molecular flexibility index (Phi) is 2.83. The van der Waals surface area contributed by atoms with Crippen LogP contribution in [0.15, 0.2) is 18.2 Å². The van der Waals surface area contributed by atoms with Gasteiger partial charge in [-0.25, -0.2) is 4.39 Å². The van der Waals surface area contributed by atoms with Gasteiger partial charge in [-0.3, -0.25) is 0 Å². The molecule has 13 heavy (non-hydrogen) atoms. The summed E-state index contributed by atoms with van der Waals surface area (Å²) >= 11 is 0. The molecular formula is C9H5FN2O. The third kappa shape index (κ3) is 2.46. The number of hydrogen-bond donors (Lipinski definition) is 0. The van der Waals surface area contributed by atoms with Gasteiger partial charge in [0.05, 0.1) is 11.6 Å². The fourth-order valence-electron chi connectivity index (χ4n) is 0.826. The van der Waals surface area contributed by atoms with E-state index in [0.29, 0.717) is 0 Å². The molecule has 0 atom stereocenters. The van der Waals surface area contributed by atoms with E-state index in [-0.39, 0.29) is 17.9 Å². The van der Waals surface area contributed by atoms with Crippen molar-refractivity contribution >= 4 is 0 Å². The lowest BCUT2D eigenvalue weighted by Gasteiger charge is -2.01. The van der Waals surface area contributed by atoms with Gasteiger partial charge in [0.25, 0.3) is 0 Å². The van der Waals surface area contributed by atoms with Crippen LogP contribution in [-0.2, 0) is 0 Å². The van der Waals surface area contributed by atoms with Gasteiger partial charge in [-0.05, 0) is 12.1 Å². The summed E-state index contributed by atoms with van der Waals surface area (Å²) in [5, 5.41) is 16.7. The zero-order chi connectivity index (χ0) is 9.68. The largest absolute Gasteiger partial charge is 0.479 e. The van der Waals surface area contributed by atoms with E-state index >= 15 is 0 Å². The van der Waals surface area contributed by atoms with Crippen molar-refractivity contribution in [3.8, 4) is 17.9 Å². The second kappa shape index (κ2) is 4.08. The second-order valence-corrected chi connectivity index (χ2v) is 2.23. The molecule has 0 radical (unpaired) electrons. The van der Waals surface area contributed by atoms with Crippen molar-refractivity contribution in [2.45, 2.75) is 0 Å². The Labute approximate surface area is 74.6 Å². The van der Waals surface area contributed by atoms with Crippen LogP contribution in [-0.4, -0.2) is 6.61 Å². The number of halogens is 1. The van der Waals surface area contributed by atoms with Gasteiger partial charge in [0.15, 0.2) is 6.61 Å². The third-order valence-corrected chi connectivity index (χ3v) is 1.30. The van der Waals surface area contributed by atoms with Gasteiger partial charge in [0, 0.05) is 6.07 Å². The van der Waals surface area contributed by atoms with Gasteiger partial charge in [-0.1, -0.05) is 0 Å². The molecule has 0 fully saturated rings. The first-order chi connectivity index (χ1) is 6.26. The van der Waals surface area contributed by atoms with E-state index in [4.69, 9.17) is 15.3 Å². The molecule has 0 saturated heterocycles. The molecule has 0 aliphatic carbocycles. The number of benzene rings is 1. The first-order valence-corrected chi connectivity index (χ1v) is 3.46. The molecule has 0 aliphatic heterocycles. The van der Waals surface area contributed by atoms with Crippen LogP contribution in [0.2, 0.25) is 0 Å². The Balaban J connectivity index is 2.91. The van der Waals surface area contributed by atoms with E-state index in [2.05, 4.69) is 0 Å². The molecule has 1 rings (SSSR count). The quantitative estimate of drug-likeness (QED) is 0.687. The number of ether oxygens (including phenoxy) is 1. The summed E-state index contributed by atoms with van der Waals surface area (Å²) in [7, 11) is 0. The summed E-state index contributed by atoms with van der Waals surface area (Å²) in [6, 6.07) is 7.12. The molecule has 0 amide bonds. The highest BCUT2D eigenvalue weighted by atomic mass is 19.1. The smallest absolute Gasteiger partial charge is 0.174 e. The lowest BCUT2D eigenvalue weighted by Crippen LogP contribution is -1.94. The minimum absolute atomic E-state index is 0.158. The predicted molar refractivity (Wildman–Crippen MR) is 42.2 cm³/mol. The Morgan fingerprint density at radius 3 is 2.69 bits per heavy atom. The number of nitrogens with zero attached hydrogens (tertiary/aromatic N) is 2. The Hall–Kier alpha value is -2.07. The molecule has 0 saturated carbocycles. The molecule has 1 aromatic carbocycles. The van der Waals surface area contributed by atoms with Crippen molar-refractivity contribution in [2.24, 2.45) is 0 Å². The first kappa shape index (κ1) is 9.02. The second-order valence-electron chi connectivity index (χ2n) is 2.23. The summed E-state index contributed by atoms with van der Waals surface area (Å²) in [5.41, 5.74) is 0.174. The van der Waals surface area contributed by atoms with E-state index in [1.807, 2.05) is 0 Å². The monoisotopic (exact) mass is 176 g/mol. The first-order valence-electron chi connectivity index (χ1n) is 3.46. The molecule has 64 valence electrons. The molecule has 0 N–H and O–H groups in total. The Morgan fingerprint density at radius 2 is 2.08 bits per heavy atom. The Bertz CT molecular complexity index is 390. The number of rotatable bonds is 2. The van der Waals surface area contributed by atoms with Gasteiger partial charge in [0.1, 0.15) is 17.6 Å². The topological polar surface area (TPSA) is 56.8 Å². The van der Waals surface area contributed by atoms with Crippen molar-refractivity contribution in [3.05, 3.63) is 29.6 Å². The SMILES string of the molecule is N#CCOc1cc(F)cc(C#N)c1. The van der Waals surface area contributed by atoms with Crippen LogP contribution in [0.5, 0.6) is 5.75 Å². The van der Waals surface area contributed by atoms with Gasteiger partial charge >= 0.3 is 0 Å². The summed E-state index contributed by atoms with van der Waals surface area (Å²) < 4.78 is 17.6. The zero-order valence-electron chi connectivity index (χ0n) is 6.62. The average Bonchev–Trinajstić information content (AvgIpc) is 2.14.